The van der Waals surface area contributed by atoms with Gasteiger partial charge in [-0.15, -0.1) is 5.10 Å². The van der Waals surface area contributed by atoms with Crippen LogP contribution in [0.1, 0.15) is 5.69 Å². The minimum atomic E-state index is -1.01. The van der Waals surface area contributed by atoms with Crippen molar-refractivity contribution in [1.29, 1.82) is 0 Å². The van der Waals surface area contributed by atoms with Gasteiger partial charge in [0, 0.05) is 12.4 Å². The summed E-state index contributed by atoms with van der Waals surface area (Å²) >= 11 is 1.20. The summed E-state index contributed by atoms with van der Waals surface area (Å²) in [6.45, 7) is 1.59. The van der Waals surface area contributed by atoms with Gasteiger partial charge in [0.1, 0.15) is 11.6 Å². The summed E-state index contributed by atoms with van der Waals surface area (Å²) in [7, 11) is 0. The molecule has 3 rings (SSSR count). The van der Waals surface area contributed by atoms with Crippen LogP contribution in [0, 0.1) is 6.92 Å². The average Bonchev–Trinajstić information content (AvgIpc) is 2.95. The zero-order valence-corrected chi connectivity index (χ0v) is 11.1. The van der Waals surface area contributed by atoms with Crippen LogP contribution in [-0.4, -0.2) is 45.9 Å². The summed E-state index contributed by atoms with van der Waals surface area (Å²) in [6.07, 6.45) is 3.36. The molecule has 0 unspecified atom stereocenters. The Morgan fingerprint density at radius 3 is 3.15 bits per heavy atom. The summed E-state index contributed by atoms with van der Waals surface area (Å²) in [5, 5.41) is 25.0. The maximum absolute atomic E-state index is 10.7. The molecule has 0 amide bonds. The fraction of sp³-hybridized carbons (Fsp3) is 0.200. The zero-order valence-electron chi connectivity index (χ0n) is 10.3. The van der Waals surface area contributed by atoms with Crippen molar-refractivity contribution in [1.82, 2.24) is 34.8 Å². The fourth-order valence-corrected chi connectivity index (χ4v) is 2.51. The number of aromatic nitrogens is 7. The summed E-state index contributed by atoms with van der Waals surface area (Å²) in [5.74, 6) is -1.01. The van der Waals surface area contributed by atoms with Crippen LogP contribution in [-0.2, 0) is 11.3 Å². The Balaban J connectivity index is 1.97. The molecule has 3 heterocycles. The van der Waals surface area contributed by atoms with Gasteiger partial charge < -0.3 is 5.11 Å². The van der Waals surface area contributed by atoms with E-state index >= 15 is 0 Å². The van der Waals surface area contributed by atoms with Crippen molar-refractivity contribution in [2.24, 2.45) is 0 Å². The number of carboxylic acids is 1. The summed E-state index contributed by atoms with van der Waals surface area (Å²) in [6, 6.07) is 1.89. The van der Waals surface area contributed by atoms with E-state index in [1.165, 1.54) is 16.4 Å². The van der Waals surface area contributed by atoms with Crippen molar-refractivity contribution >= 4 is 23.2 Å². The van der Waals surface area contributed by atoms with E-state index in [1.54, 1.807) is 16.9 Å². The second-order valence-electron chi connectivity index (χ2n) is 3.96. The van der Waals surface area contributed by atoms with E-state index in [0.717, 1.165) is 11.2 Å². The maximum atomic E-state index is 10.7. The lowest BCUT2D eigenvalue weighted by atomic mass is 10.4. The summed E-state index contributed by atoms with van der Waals surface area (Å²) < 4.78 is 2.91. The first kappa shape index (κ1) is 12.5. The molecule has 0 atom stereocenters. The number of tetrazole rings is 1. The molecule has 0 bridgehead atoms. The van der Waals surface area contributed by atoms with Crippen molar-refractivity contribution < 1.29 is 9.90 Å². The van der Waals surface area contributed by atoms with Crippen LogP contribution < -0.4 is 0 Å². The third-order valence-electron chi connectivity index (χ3n) is 2.45. The fourth-order valence-electron chi connectivity index (χ4n) is 1.68. The molecule has 10 heteroatoms. The quantitative estimate of drug-likeness (QED) is 0.728. The molecule has 20 heavy (non-hydrogen) atoms. The van der Waals surface area contributed by atoms with Crippen LogP contribution in [0.25, 0.3) is 5.52 Å². The molecule has 3 aromatic heterocycles. The van der Waals surface area contributed by atoms with Gasteiger partial charge in [-0.05, 0) is 35.2 Å². The SMILES string of the molecule is Cc1cc2c(Sc3nnnn3CC(=O)O)nccn2n1. The third-order valence-corrected chi connectivity index (χ3v) is 3.43. The predicted molar refractivity (Wildman–Crippen MR) is 67.3 cm³/mol. The largest absolute Gasteiger partial charge is 0.480 e. The van der Waals surface area contributed by atoms with E-state index in [-0.39, 0.29) is 6.54 Å². The second kappa shape index (κ2) is 4.89. The minimum absolute atomic E-state index is 0.295. The Hall–Kier alpha value is -2.49. The lowest BCUT2D eigenvalue weighted by Crippen LogP contribution is -2.11. The van der Waals surface area contributed by atoms with Gasteiger partial charge in [0.05, 0.1) is 11.2 Å². The Bertz CT molecular complexity index is 781. The maximum Gasteiger partial charge on any atom is 0.325 e. The molecule has 0 saturated carbocycles. The average molecular weight is 291 g/mol. The van der Waals surface area contributed by atoms with E-state index in [2.05, 4.69) is 25.6 Å². The molecule has 9 nitrogen and oxygen atoms in total. The number of hydrogen-bond donors (Lipinski definition) is 1. The number of aliphatic carboxylic acids is 1. The van der Waals surface area contributed by atoms with E-state index in [1.807, 2.05) is 13.0 Å². The molecule has 0 saturated heterocycles. The minimum Gasteiger partial charge on any atom is -0.480 e. The highest BCUT2D eigenvalue weighted by Crippen LogP contribution is 2.27. The first-order valence-electron chi connectivity index (χ1n) is 5.60. The number of hydrogen-bond acceptors (Lipinski definition) is 7. The van der Waals surface area contributed by atoms with E-state index in [4.69, 9.17) is 5.11 Å². The number of nitrogens with zero attached hydrogens (tertiary/aromatic N) is 7. The van der Waals surface area contributed by atoms with Gasteiger partial charge >= 0.3 is 5.97 Å². The van der Waals surface area contributed by atoms with Gasteiger partial charge in [-0.2, -0.15) is 5.10 Å². The van der Waals surface area contributed by atoms with E-state index in [0.29, 0.717) is 10.2 Å². The van der Waals surface area contributed by atoms with Crippen LogP contribution in [0.15, 0.2) is 28.6 Å². The Kier molecular flexibility index (Phi) is 3.06. The molecule has 0 fully saturated rings. The number of carbonyl (C=O) groups is 1. The Morgan fingerprint density at radius 1 is 1.50 bits per heavy atom. The van der Waals surface area contributed by atoms with Crippen molar-refractivity contribution in [3.05, 3.63) is 24.2 Å². The smallest absolute Gasteiger partial charge is 0.325 e. The topological polar surface area (TPSA) is 111 Å². The van der Waals surface area contributed by atoms with Crippen molar-refractivity contribution in [2.45, 2.75) is 23.7 Å². The zero-order chi connectivity index (χ0) is 14.1. The van der Waals surface area contributed by atoms with Crippen LogP contribution in [0.2, 0.25) is 0 Å². The lowest BCUT2D eigenvalue weighted by Gasteiger charge is -2.02. The normalized spacial score (nSPS) is 11.1. The Morgan fingerprint density at radius 2 is 2.35 bits per heavy atom. The standard InChI is InChI=1S/C10H9N7O2S/c1-6-4-7-9(11-2-3-16(7)13-6)20-10-12-14-15-17(10)5-8(18)19/h2-4H,5H2,1H3,(H,18,19). The molecule has 102 valence electrons. The Labute approximate surface area is 116 Å². The van der Waals surface area contributed by atoms with E-state index in [9.17, 15) is 4.79 Å². The highest BCUT2D eigenvalue weighted by molar-refractivity contribution is 7.99. The van der Waals surface area contributed by atoms with Crippen molar-refractivity contribution in [2.75, 3.05) is 0 Å². The van der Waals surface area contributed by atoms with Gasteiger partial charge in [0.2, 0.25) is 5.16 Å². The molecular weight excluding hydrogens is 282 g/mol. The summed E-state index contributed by atoms with van der Waals surface area (Å²) in [4.78, 5) is 15.0. The van der Waals surface area contributed by atoms with Gasteiger partial charge in [-0.25, -0.2) is 14.2 Å². The molecule has 0 spiro atoms. The number of carboxylic acid groups (broad SMARTS) is 1. The first-order chi connectivity index (χ1) is 9.63. The third kappa shape index (κ3) is 2.32. The van der Waals surface area contributed by atoms with Crippen molar-refractivity contribution in [3.63, 3.8) is 0 Å². The van der Waals surface area contributed by atoms with E-state index < -0.39 is 5.97 Å². The number of fused-ring (bicyclic) bond motifs is 1. The van der Waals surface area contributed by atoms with Gasteiger partial charge in [0.15, 0.2) is 0 Å². The molecule has 0 aromatic carbocycles. The van der Waals surface area contributed by atoms with Crippen LogP contribution in [0.3, 0.4) is 0 Å². The second-order valence-corrected chi connectivity index (χ2v) is 4.92. The molecule has 0 aliphatic heterocycles. The number of aryl methyl sites for hydroxylation is 1. The molecule has 3 aromatic rings. The predicted octanol–water partition coefficient (Wildman–Crippen LogP) is 0.260. The molecule has 0 aliphatic carbocycles. The first-order valence-corrected chi connectivity index (χ1v) is 6.42. The van der Waals surface area contributed by atoms with Crippen LogP contribution >= 0.6 is 11.8 Å². The number of rotatable bonds is 4. The summed E-state index contributed by atoms with van der Waals surface area (Å²) in [5.41, 5.74) is 1.69. The lowest BCUT2D eigenvalue weighted by molar-refractivity contribution is -0.138. The molecule has 0 radical (unpaired) electrons. The van der Waals surface area contributed by atoms with Crippen LogP contribution in [0.5, 0.6) is 0 Å². The van der Waals surface area contributed by atoms with Crippen LogP contribution in [0.4, 0.5) is 0 Å². The highest BCUT2D eigenvalue weighted by atomic mass is 32.2. The highest BCUT2D eigenvalue weighted by Gasteiger charge is 2.14. The van der Waals surface area contributed by atoms with Gasteiger partial charge in [-0.1, -0.05) is 0 Å². The van der Waals surface area contributed by atoms with Crippen molar-refractivity contribution in [3.8, 4) is 0 Å². The van der Waals surface area contributed by atoms with Gasteiger partial charge in [0.25, 0.3) is 0 Å². The molecule has 0 aliphatic rings. The molecular formula is C10H9N7O2S. The monoisotopic (exact) mass is 291 g/mol. The molecule has 1 N–H and O–H groups in total. The van der Waals surface area contributed by atoms with Gasteiger partial charge in [-0.3, -0.25) is 4.79 Å².